The van der Waals surface area contributed by atoms with Gasteiger partial charge in [-0.15, -0.1) is 0 Å². The topological polar surface area (TPSA) is 47.8 Å². The van der Waals surface area contributed by atoms with Crippen LogP contribution in [0.1, 0.15) is 32.4 Å². The lowest BCUT2D eigenvalue weighted by Gasteiger charge is -2.24. The van der Waals surface area contributed by atoms with E-state index in [9.17, 15) is 4.79 Å². The summed E-state index contributed by atoms with van der Waals surface area (Å²) in [5.74, 6) is 0.137. The van der Waals surface area contributed by atoms with Crippen molar-refractivity contribution >= 4 is 17.4 Å². The third-order valence-corrected chi connectivity index (χ3v) is 3.39. The third-order valence-electron chi connectivity index (χ3n) is 3.14. The van der Waals surface area contributed by atoms with E-state index in [0.717, 1.165) is 5.56 Å². The van der Waals surface area contributed by atoms with Gasteiger partial charge in [0.1, 0.15) is 18.7 Å². The van der Waals surface area contributed by atoms with E-state index in [-0.39, 0.29) is 11.8 Å². The number of carbonyl (C=O) groups is 1. The number of aromatic nitrogens is 3. The van der Waals surface area contributed by atoms with Gasteiger partial charge < -0.3 is 0 Å². The lowest BCUT2D eigenvalue weighted by Crippen LogP contribution is -2.32. The maximum absolute atomic E-state index is 12.6. The number of hydrogen-bond acceptors (Lipinski definition) is 3. The predicted molar refractivity (Wildman–Crippen MR) is 78.7 cm³/mol. The van der Waals surface area contributed by atoms with Gasteiger partial charge >= 0.3 is 0 Å². The second kappa shape index (κ2) is 5.75. The number of rotatable bonds is 4. The number of halogens is 1. The highest BCUT2D eigenvalue weighted by molar-refractivity contribution is 6.30. The van der Waals surface area contributed by atoms with Crippen molar-refractivity contribution in [1.82, 2.24) is 14.8 Å². The van der Waals surface area contributed by atoms with Crippen molar-refractivity contribution < 1.29 is 4.79 Å². The molecule has 0 amide bonds. The maximum atomic E-state index is 12.6. The molecule has 0 unspecified atom stereocenters. The van der Waals surface area contributed by atoms with Gasteiger partial charge in [-0.25, -0.2) is 9.67 Å². The molecule has 0 radical (unpaired) electrons. The van der Waals surface area contributed by atoms with Gasteiger partial charge in [0.15, 0.2) is 5.78 Å². The monoisotopic (exact) mass is 291 g/mol. The quantitative estimate of drug-likeness (QED) is 0.868. The first kappa shape index (κ1) is 14.7. The molecule has 1 aromatic carbocycles. The molecule has 0 N–H and O–H groups in total. The third kappa shape index (κ3) is 3.45. The zero-order chi connectivity index (χ0) is 14.8. The van der Waals surface area contributed by atoms with Gasteiger partial charge in [-0.1, -0.05) is 44.5 Å². The fraction of sp³-hybridized carbons (Fsp3) is 0.400. The summed E-state index contributed by atoms with van der Waals surface area (Å²) in [4.78, 5) is 16.6. The van der Waals surface area contributed by atoms with Gasteiger partial charge in [0.2, 0.25) is 0 Å². The first-order valence-corrected chi connectivity index (χ1v) is 6.88. The highest BCUT2D eigenvalue weighted by Gasteiger charge is 2.31. The summed E-state index contributed by atoms with van der Waals surface area (Å²) in [5, 5.41) is 4.81. The molecule has 0 aliphatic rings. The zero-order valence-corrected chi connectivity index (χ0v) is 12.6. The molecule has 0 bridgehead atoms. The van der Waals surface area contributed by atoms with Crippen LogP contribution in [-0.4, -0.2) is 20.5 Å². The normalized spacial score (nSPS) is 13.2. The minimum atomic E-state index is -0.428. The summed E-state index contributed by atoms with van der Waals surface area (Å²) in [6.07, 6.45) is 3.62. The van der Waals surface area contributed by atoms with E-state index in [4.69, 9.17) is 11.6 Å². The Labute approximate surface area is 123 Å². The summed E-state index contributed by atoms with van der Waals surface area (Å²) in [6, 6.07) is 7.18. The van der Waals surface area contributed by atoms with Crippen LogP contribution >= 0.6 is 11.6 Å². The number of ketones is 1. The fourth-order valence-corrected chi connectivity index (χ4v) is 2.15. The van der Waals surface area contributed by atoms with Gasteiger partial charge in [-0.05, 0) is 17.7 Å². The van der Waals surface area contributed by atoms with Crippen molar-refractivity contribution in [3.05, 3.63) is 47.5 Å². The lowest BCUT2D eigenvalue weighted by molar-refractivity contribution is -0.130. The van der Waals surface area contributed by atoms with Crippen molar-refractivity contribution in [2.75, 3.05) is 0 Å². The summed E-state index contributed by atoms with van der Waals surface area (Å²) in [5.41, 5.74) is 0.621. The zero-order valence-electron chi connectivity index (χ0n) is 11.9. The summed E-state index contributed by atoms with van der Waals surface area (Å²) in [7, 11) is 0. The molecule has 2 aromatic rings. The highest BCUT2D eigenvalue weighted by atomic mass is 35.5. The molecule has 0 saturated carbocycles. The van der Waals surface area contributed by atoms with Crippen molar-refractivity contribution in [3.63, 3.8) is 0 Å². The first-order valence-electron chi connectivity index (χ1n) is 6.51. The minimum Gasteiger partial charge on any atom is -0.297 e. The summed E-state index contributed by atoms with van der Waals surface area (Å²) < 4.78 is 1.63. The standard InChI is InChI=1S/C15H18ClN3O/c1-15(2,3)14(20)13(19-10-17-9-18-19)8-11-4-6-12(16)7-5-11/h4-7,9-10,13H,8H2,1-3H3/t13-/m0/s1. The van der Waals surface area contributed by atoms with E-state index in [1.807, 2.05) is 45.0 Å². The van der Waals surface area contributed by atoms with Crippen LogP contribution in [-0.2, 0) is 11.2 Å². The maximum Gasteiger partial charge on any atom is 0.163 e. The number of nitrogens with zero attached hydrogens (tertiary/aromatic N) is 3. The number of hydrogen-bond donors (Lipinski definition) is 0. The molecule has 1 heterocycles. The van der Waals surface area contributed by atoms with Crippen LogP contribution in [0.3, 0.4) is 0 Å². The Bertz CT molecular complexity index is 570. The molecule has 4 nitrogen and oxygen atoms in total. The Morgan fingerprint density at radius 2 is 1.95 bits per heavy atom. The Morgan fingerprint density at radius 1 is 1.30 bits per heavy atom. The highest BCUT2D eigenvalue weighted by Crippen LogP contribution is 2.26. The fourth-order valence-electron chi connectivity index (χ4n) is 2.03. The van der Waals surface area contributed by atoms with Gasteiger partial charge in [0.05, 0.1) is 0 Å². The second-order valence-electron chi connectivity index (χ2n) is 5.84. The Morgan fingerprint density at radius 3 is 2.45 bits per heavy atom. The molecular formula is C15H18ClN3O. The molecule has 2 rings (SSSR count). The van der Waals surface area contributed by atoms with E-state index < -0.39 is 5.41 Å². The molecule has 1 atom stereocenters. The first-order chi connectivity index (χ1) is 9.38. The lowest BCUT2D eigenvalue weighted by atomic mass is 9.84. The average molecular weight is 292 g/mol. The molecule has 106 valence electrons. The molecular weight excluding hydrogens is 274 g/mol. The smallest absolute Gasteiger partial charge is 0.163 e. The summed E-state index contributed by atoms with van der Waals surface area (Å²) >= 11 is 5.89. The molecule has 0 aliphatic heterocycles. The van der Waals surface area contributed by atoms with Crippen molar-refractivity contribution in [1.29, 1.82) is 0 Å². The molecule has 20 heavy (non-hydrogen) atoms. The van der Waals surface area contributed by atoms with Crippen molar-refractivity contribution in [3.8, 4) is 0 Å². The van der Waals surface area contributed by atoms with Crippen molar-refractivity contribution in [2.45, 2.75) is 33.2 Å². The molecule has 0 saturated heterocycles. The van der Waals surface area contributed by atoms with E-state index in [1.165, 1.54) is 6.33 Å². The molecule has 5 heteroatoms. The van der Waals surface area contributed by atoms with Crippen LogP contribution < -0.4 is 0 Å². The molecule has 0 fully saturated rings. The van der Waals surface area contributed by atoms with Gasteiger partial charge in [0.25, 0.3) is 0 Å². The van der Waals surface area contributed by atoms with E-state index >= 15 is 0 Å². The van der Waals surface area contributed by atoms with Gasteiger partial charge in [-0.3, -0.25) is 4.79 Å². The molecule has 0 aliphatic carbocycles. The van der Waals surface area contributed by atoms with Gasteiger partial charge in [-0.2, -0.15) is 5.10 Å². The Balaban J connectivity index is 2.28. The van der Waals surface area contributed by atoms with Crippen LogP contribution in [0.4, 0.5) is 0 Å². The van der Waals surface area contributed by atoms with Crippen LogP contribution in [0.5, 0.6) is 0 Å². The van der Waals surface area contributed by atoms with Crippen molar-refractivity contribution in [2.24, 2.45) is 5.41 Å². The van der Waals surface area contributed by atoms with E-state index in [1.54, 1.807) is 11.0 Å². The van der Waals surface area contributed by atoms with Crippen LogP contribution in [0.2, 0.25) is 5.02 Å². The number of carbonyl (C=O) groups excluding carboxylic acids is 1. The Kier molecular flexibility index (Phi) is 4.23. The van der Waals surface area contributed by atoms with E-state index in [2.05, 4.69) is 10.1 Å². The molecule has 0 spiro atoms. The van der Waals surface area contributed by atoms with Crippen LogP contribution in [0.15, 0.2) is 36.9 Å². The predicted octanol–water partition coefficient (Wildman–Crippen LogP) is 3.33. The van der Waals surface area contributed by atoms with Crippen LogP contribution in [0.25, 0.3) is 0 Å². The second-order valence-corrected chi connectivity index (χ2v) is 6.27. The number of benzene rings is 1. The minimum absolute atomic E-state index is 0.137. The van der Waals surface area contributed by atoms with Gasteiger partial charge in [0, 0.05) is 16.9 Å². The van der Waals surface area contributed by atoms with Crippen LogP contribution in [0, 0.1) is 5.41 Å². The largest absolute Gasteiger partial charge is 0.297 e. The average Bonchev–Trinajstić information content (AvgIpc) is 2.90. The molecule has 1 aromatic heterocycles. The SMILES string of the molecule is CC(C)(C)C(=O)[C@H](Cc1ccc(Cl)cc1)n1cncn1. The Hall–Kier alpha value is -1.68. The van der Waals surface area contributed by atoms with E-state index in [0.29, 0.717) is 11.4 Å². The number of Topliss-reactive ketones (excluding diaryl/α,β-unsaturated/α-hetero) is 1. The summed E-state index contributed by atoms with van der Waals surface area (Å²) in [6.45, 7) is 5.75.